The zero-order valence-electron chi connectivity index (χ0n) is 10.7. The molecule has 0 heterocycles. The number of rotatable bonds is 5. The number of hydrogen-bond acceptors (Lipinski definition) is 3. The van der Waals surface area contributed by atoms with Gasteiger partial charge in [0.15, 0.2) is 0 Å². The molecule has 0 unspecified atom stereocenters. The fourth-order valence-electron chi connectivity index (χ4n) is 1.80. The number of halogens is 1. The number of nitrogens with one attached hydrogen (secondary N) is 1. The fourth-order valence-corrected chi connectivity index (χ4v) is 1.80. The van der Waals surface area contributed by atoms with Gasteiger partial charge in [0.2, 0.25) is 0 Å². The normalized spacial score (nSPS) is 11.1. The molecular formula is C13H16FNO4. The molecule has 0 spiro atoms. The first-order valence-corrected chi connectivity index (χ1v) is 5.91. The maximum Gasteiger partial charge on any atom is 0.329 e. The second kappa shape index (κ2) is 5.69. The van der Waals surface area contributed by atoms with E-state index in [1.807, 2.05) is 0 Å². The summed E-state index contributed by atoms with van der Waals surface area (Å²) >= 11 is 0. The van der Waals surface area contributed by atoms with Crippen molar-refractivity contribution in [2.45, 2.75) is 32.2 Å². The third-order valence-corrected chi connectivity index (χ3v) is 3.19. The Kier molecular flexibility index (Phi) is 4.47. The average Bonchev–Trinajstić information content (AvgIpc) is 2.35. The Morgan fingerprint density at radius 3 is 2.32 bits per heavy atom. The van der Waals surface area contributed by atoms with E-state index < -0.39 is 34.5 Å². The summed E-state index contributed by atoms with van der Waals surface area (Å²) in [5.41, 5.74) is -2.01. The Balaban J connectivity index is 3.11. The summed E-state index contributed by atoms with van der Waals surface area (Å²) in [7, 11) is 0. The van der Waals surface area contributed by atoms with Crippen LogP contribution in [0.2, 0.25) is 0 Å². The van der Waals surface area contributed by atoms with E-state index in [1.165, 1.54) is 12.1 Å². The van der Waals surface area contributed by atoms with Gasteiger partial charge in [0.25, 0.3) is 5.91 Å². The number of aliphatic carboxylic acids is 1. The van der Waals surface area contributed by atoms with E-state index in [9.17, 15) is 24.2 Å². The van der Waals surface area contributed by atoms with Crippen LogP contribution in [0.4, 0.5) is 4.39 Å². The molecule has 0 aliphatic rings. The van der Waals surface area contributed by atoms with Crippen molar-refractivity contribution in [1.82, 2.24) is 5.32 Å². The van der Waals surface area contributed by atoms with E-state index in [2.05, 4.69) is 5.32 Å². The van der Waals surface area contributed by atoms with Crippen LogP contribution in [-0.2, 0) is 4.79 Å². The molecule has 0 saturated heterocycles. The third-order valence-electron chi connectivity index (χ3n) is 3.19. The zero-order valence-corrected chi connectivity index (χ0v) is 10.7. The maximum atomic E-state index is 13.5. The number of carbonyl (C=O) groups is 2. The molecular weight excluding hydrogens is 253 g/mol. The molecule has 1 aromatic carbocycles. The molecule has 5 nitrogen and oxygen atoms in total. The van der Waals surface area contributed by atoms with Crippen molar-refractivity contribution in [1.29, 1.82) is 0 Å². The van der Waals surface area contributed by atoms with Crippen LogP contribution < -0.4 is 5.32 Å². The summed E-state index contributed by atoms with van der Waals surface area (Å²) in [5.74, 6) is -3.56. The molecule has 3 N–H and O–H groups in total. The number of aromatic hydroxyl groups is 1. The minimum atomic E-state index is -1.47. The smallest absolute Gasteiger partial charge is 0.329 e. The molecule has 19 heavy (non-hydrogen) atoms. The Bertz CT molecular complexity index is 477. The minimum Gasteiger partial charge on any atom is -0.507 e. The monoisotopic (exact) mass is 269 g/mol. The number of benzene rings is 1. The lowest BCUT2D eigenvalue weighted by atomic mass is 9.92. The molecule has 1 amide bonds. The molecule has 0 aliphatic carbocycles. The second-order valence-corrected chi connectivity index (χ2v) is 4.18. The van der Waals surface area contributed by atoms with Crippen LogP contribution in [-0.4, -0.2) is 27.6 Å². The number of carboxylic acid groups (broad SMARTS) is 1. The Hall–Kier alpha value is -2.11. The lowest BCUT2D eigenvalue weighted by Gasteiger charge is -2.28. The van der Waals surface area contributed by atoms with Crippen LogP contribution in [0.1, 0.15) is 37.0 Å². The largest absolute Gasteiger partial charge is 0.507 e. The summed E-state index contributed by atoms with van der Waals surface area (Å²) in [6.45, 7) is 3.22. The molecule has 1 rings (SSSR count). The van der Waals surface area contributed by atoms with E-state index in [-0.39, 0.29) is 12.8 Å². The van der Waals surface area contributed by atoms with Crippen molar-refractivity contribution in [2.24, 2.45) is 0 Å². The first-order valence-electron chi connectivity index (χ1n) is 5.91. The Morgan fingerprint density at radius 2 is 1.89 bits per heavy atom. The van der Waals surface area contributed by atoms with Crippen LogP contribution in [0.3, 0.4) is 0 Å². The number of phenolic OH excluding ortho intramolecular Hbond substituents is 1. The van der Waals surface area contributed by atoms with Gasteiger partial charge in [-0.25, -0.2) is 9.18 Å². The molecule has 0 radical (unpaired) electrons. The summed E-state index contributed by atoms with van der Waals surface area (Å²) in [6.07, 6.45) is 0.305. The first-order chi connectivity index (χ1) is 8.88. The standard InChI is InChI=1S/C13H16FNO4/c1-3-13(4-2,12(18)19)15-11(17)10-8(14)6-5-7-9(10)16/h5-7,16H,3-4H2,1-2H3,(H,15,17)(H,18,19). The number of hydrogen-bond donors (Lipinski definition) is 3. The highest BCUT2D eigenvalue weighted by Crippen LogP contribution is 2.22. The SMILES string of the molecule is CCC(CC)(NC(=O)c1c(O)cccc1F)C(=O)O. The minimum absolute atomic E-state index is 0.153. The molecule has 0 atom stereocenters. The quantitative estimate of drug-likeness (QED) is 0.762. The van der Waals surface area contributed by atoms with E-state index in [4.69, 9.17) is 0 Å². The van der Waals surface area contributed by atoms with E-state index in [1.54, 1.807) is 13.8 Å². The second-order valence-electron chi connectivity index (χ2n) is 4.18. The molecule has 1 aromatic rings. The number of phenols is 1. The van der Waals surface area contributed by atoms with Crippen LogP contribution in [0.15, 0.2) is 18.2 Å². The van der Waals surface area contributed by atoms with Gasteiger partial charge in [-0.3, -0.25) is 4.79 Å². The van der Waals surface area contributed by atoms with Crippen LogP contribution >= 0.6 is 0 Å². The van der Waals surface area contributed by atoms with Crippen molar-refractivity contribution >= 4 is 11.9 Å². The molecule has 0 bridgehead atoms. The predicted molar refractivity (Wildman–Crippen MR) is 66.5 cm³/mol. The first kappa shape index (κ1) is 14.9. The topological polar surface area (TPSA) is 86.6 Å². The lowest BCUT2D eigenvalue weighted by Crippen LogP contribution is -2.53. The van der Waals surface area contributed by atoms with E-state index in [0.29, 0.717) is 0 Å². The number of carboxylic acids is 1. The third kappa shape index (κ3) is 2.83. The highest BCUT2D eigenvalue weighted by Gasteiger charge is 2.37. The Labute approximate surface area is 110 Å². The van der Waals surface area contributed by atoms with Crippen LogP contribution in [0.25, 0.3) is 0 Å². The molecule has 0 aliphatic heterocycles. The van der Waals surface area contributed by atoms with Gasteiger partial charge in [-0.05, 0) is 25.0 Å². The van der Waals surface area contributed by atoms with Crippen molar-refractivity contribution in [2.75, 3.05) is 0 Å². The summed E-state index contributed by atoms with van der Waals surface area (Å²) in [4.78, 5) is 23.2. The average molecular weight is 269 g/mol. The molecule has 0 saturated carbocycles. The van der Waals surface area contributed by atoms with Crippen molar-refractivity contribution in [3.63, 3.8) is 0 Å². The summed E-state index contributed by atoms with van der Waals surface area (Å²) in [5, 5.41) is 21.0. The van der Waals surface area contributed by atoms with Gasteiger partial charge in [-0.15, -0.1) is 0 Å². The van der Waals surface area contributed by atoms with Gasteiger partial charge >= 0.3 is 5.97 Å². The van der Waals surface area contributed by atoms with Gasteiger partial charge in [-0.2, -0.15) is 0 Å². The van der Waals surface area contributed by atoms with Gasteiger partial charge in [-0.1, -0.05) is 19.9 Å². The highest BCUT2D eigenvalue weighted by atomic mass is 19.1. The van der Waals surface area contributed by atoms with Crippen LogP contribution in [0.5, 0.6) is 5.75 Å². The van der Waals surface area contributed by atoms with Crippen molar-refractivity contribution < 1.29 is 24.2 Å². The Morgan fingerprint density at radius 1 is 1.32 bits per heavy atom. The van der Waals surface area contributed by atoms with E-state index >= 15 is 0 Å². The van der Waals surface area contributed by atoms with Gasteiger partial charge in [0, 0.05) is 0 Å². The maximum absolute atomic E-state index is 13.5. The van der Waals surface area contributed by atoms with Gasteiger partial charge < -0.3 is 15.5 Å². The fraction of sp³-hybridized carbons (Fsp3) is 0.385. The zero-order chi connectivity index (χ0) is 14.6. The molecule has 0 fully saturated rings. The number of carbonyl (C=O) groups excluding carboxylic acids is 1. The van der Waals surface area contributed by atoms with Gasteiger partial charge in [0.1, 0.15) is 22.7 Å². The van der Waals surface area contributed by atoms with E-state index in [0.717, 1.165) is 6.07 Å². The summed E-state index contributed by atoms with van der Waals surface area (Å²) in [6, 6.07) is 3.44. The van der Waals surface area contributed by atoms with Crippen molar-refractivity contribution in [3.8, 4) is 5.75 Å². The predicted octanol–water partition coefficient (Wildman–Crippen LogP) is 1.90. The molecule has 0 aromatic heterocycles. The van der Waals surface area contributed by atoms with Crippen LogP contribution in [0, 0.1) is 5.82 Å². The molecule has 6 heteroatoms. The highest BCUT2D eigenvalue weighted by molar-refractivity contribution is 6.00. The summed E-state index contributed by atoms with van der Waals surface area (Å²) < 4.78 is 13.5. The van der Waals surface area contributed by atoms with Gasteiger partial charge in [0.05, 0.1) is 0 Å². The number of amides is 1. The molecule has 104 valence electrons. The van der Waals surface area contributed by atoms with Crippen molar-refractivity contribution in [3.05, 3.63) is 29.6 Å². The lowest BCUT2D eigenvalue weighted by molar-refractivity contribution is -0.144.